The quantitative estimate of drug-likeness (QED) is 0.637. The van der Waals surface area contributed by atoms with Gasteiger partial charge in [0.15, 0.2) is 0 Å². The Hall–Kier alpha value is -0.0400. The summed E-state index contributed by atoms with van der Waals surface area (Å²) in [5.74, 6) is 0.944. The van der Waals surface area contributed by atoms with Gasteiger partial charge in [0.25, 0.3) is 0 Å². The highest BCUT2D eigenvalue weighted by Gasteiger charge is 2.28. The van der Waals surface area contributed by atoms with E-state index in [-0.39, 0.29) is 0 Å². The monoisotopic (exact) mass is 211 g/mol. The van der Waals surface area contributed by atoms with Crippen LogP contribution in [-0.4, -0.2) is 24.5 Å². The van der Waals surface area contributed by atoms with E-state index in [1.54, 1.807) is 0 Å². The average molecular weight is 211 g/mol. The van der Waals surface area contributed by atoms with Crippen LogP contribution in [0.3, 0.4) is 0 Å². The standard InChI is InChI=1S/C14H29N/c1-5-6-7-10-15-11-8-13(9-12-15)14(2,3)4/h13H,5-12H2,1-4H3. The van der Waals surface area contributed by atoms with Crippen molar-refractivity contribution in [2.45, 2.75) is 59.8 Å². The summed E-state index contributed by atoms with van der Waals surface area (Å²) in [6, 6.07) is 0. The Kier molecular flexibility index (Phi) is 5.11. The second-order valence-corrected chi connectivity index (χ2v) is 6.19. The van der Waals surface area contributed by atoms with Crippen LogP contribution in [0.25, 0.3) is 0 Å². The zero-order valence-electron chi connectivity index (χ0n) is 11.2. The second kappa shape index (κ2) is 5.89. The van der Waals surface area contributed by atoms with Gasteiger partial charge in [0.2, 0.25) is 0 Å². The van der Waals surface area contributed by atoms with Crippen LogP contribution >= 0.6 is 0 Å². The van der Waals surface area contributed by atoms with Crippen molar-refractivity contribution >= 4 is 0 Å². The van der Waals surface area contributed by atoms with Gasteiger partial charge >= 0.3 is 0 Å². The molecule has 1 aliphatic heterocycles. The fourth-order valence-corrected chi connectivity index (χ4v) is 2.61. The zero-order chi connectivity index (χ0) is 11.3. The third-order valence-corrected chi connectivity index (χ3v) is 3.89. The molecule has 0 aromatic rings. The molecule has 1 heteroatoms. The minimum atomic E-state index is 0.523. The van der Waals surface area contributed by atoms with Gasteiger partial charge in [-0.15, -0.1) is 0 Å². The van der Waals surface area contributed by atoms with Crippen LogP contribution in [-0.2, 0) is 0 Å². The number of rotatable bonds is 4. The summed E-state index contributed by atoms with van der Waals surface area (Å²) in [5.41, 5.74) is 0.523. The van der Waals surface area contributed by atoms with Gasteiger partial charge in [-0.05, 0) is 50.2 Å². The summed E-state index contributed by atoms with van der Waals surface area (Å²) in [6.45, 7) is 13.5. The van der Waals surface area contributed by atoms with Crippen LogP contribution in [0.5, 0.6) is 0 Å². The molecule has 1 heterocycles. The molecular weight excluding hydrogens is 182 g/mol. The number of nitrogens with zero attached hydrogens (tertiary/aromatic N) is 1. The highest BCUT2D eigenvalue weighted by Crippen LogP contribution is 2.34. The molecule has 0 unspecified atom stereocenters. The van der Waals surface area contributed by atoms with Gasteiger partial charge in [0.1, 0.15) is 0 Å². The maximum absolute atomic E-state index is 2.66. The molecule has 0 amide bonds. The molecule has 0 aromatic heterocycles. The van der Waals surface area contributed by atoms with Crippen LogP contribution < -0.4 is 0 Å². The van der Waals surface area contributed by atoms with Crippen LogP contribution in [0, 0.1) is 11.3 Å². The van der Waals surface area contributed by atoms with Crippen LogP contribution in [0.4, 0.5) is 0 Å². The Bertz CT molecular complexity index is 161. The van der Waals surface area contributed by atoms with E-state index in [2.05, 4.69) is 32.6 Å². The largest absolute Gasteiger partial charge is 0.303 e. The first kappa shape index (κ1) is 13.0. The van der Waals surface area contributed by atoms with Crippen molar-refractivity contribution in [1.82, 2.24) is 4.90 Å². The van der Waals surface area contributed by atoms with Crippen molar-refractivity contribution < 1.29 is 0 Å². The van der Waals surface area contributed by atoms with E-state index in [1.165, 1.54) is 51.7 Å². The molecule has 90 valence electrons. The lowest BCUT2D eigenvalue weighted by molar-refractivity contribution is 0.111. The van der Waals surface area contributed by atoms with Crippen molar-refractivity contribution in [2.24, 2.45) is 11.3 Å². The second-order valence-electron chi connectivity index (χ2n) is 6.19. The number of unbranched alkanes of at least 4 members (excludes halogenated alkanes) is 2. The van der Waals surface area contributed by atoms with Crippen molar-refractivity contribution in [3.05, 3.63) is 0 Å². The van der Waals surface area contributed by atoms with Gasteiger partial charge in [-0.3, -0.25) is 0 Å². The molecule has 0 aliphatic carbocycles. The third-order valence-electron chi connectivity index (χ3n) is 3.89. The highest BCUT2D eigenvalue weighted by molar-refractivity contribution is 4.80. The molecule has 1 aliphatic rings. The summed E-state index contributed by atoms with van der Waals surface area (Å²) >= 11 is 0. The molecule has 0 spiro atoms. The third kappa shape index (κ3) is 4.55. The van der Waals surface area contributed by atoms with Crippen LogP contribution in [0.2, 0.25) is 0 Å². The molecule has 0 bridgehead atoms. The lowest BCUT2D eigenvalue weighted by Gasteiger charge is -2.38. The topological polar surface area (TPSA) is 3.24 Å². The molecular formula is C14H29N. The summed E-state index contributed by atoms with van der Waals surface area (Å²) in [4.78, 5) is 2.66. The van der Waals surface area contributed by atoms with E-state index in [4.69, 9.17) is 0 Å². The Labute approximate surface area is 96.2 Å². The minimum Gasteiger partial charge on any atom is -0.303 e. The van der Waals surface area contributed by atoms with E-state index in [0.717, 1.165) is 5.92 Å². The number of hydrogen-bond donors (Lipinski definition) is 0. The normalized spacial score (nSPS) is 20.8. The van der Waals surface area contributed by atoms with Crippen LogP contribution in [0.1, 0.15) is 59.8 Å². The lowest BCUT2D eigenvalue weighted by atomic mass is 9.75. The van der Waals surface area contributed by atoms with Crippen molar-refractivity contribution in [2.75, 3.05) is 19.6 Å². The first-order chi connectivity index (χ1) is 7.04. The smallest absolute Gasteiger partial charge is 0.00159 e. The van der Waals surface area contributed by atoms with Gasteiger partial charge in [-0.1, -0.05) is 40.5 Å². The molecule has 0 radical (unpaired) electrons. The molecule has 0 saturated carbocycles. The molecule has 0 aromatic carbocycles. The summed E-state index contributed by atoms with van der Waals surface area (Å²) < 4.78 is 0. The van der Waals surface area contributed by atoms with Crippen molar-refractivity contribution in [3.63, 3.8) is 0 Å². The molecule has 0 atom stereocenters. The molecule has 0 N–H and O–H groups in total. The predicted octanol–water partition coefficient (Wildman–Crippen LogP) is 3.93. The first-order valence-electron chi connectivity index (χ1n) is 6.76. The molecule has 1 rings (SSSR count). The van der Waals surface area contributed by atoms with Crippen LogP contribution in [0.15, 0.2) is 0 Å². The Morgan fingerprint density at radius 3 is 2.13 bits per heavy atom. The van der Waals surface area contributed by atoms with Gasteiger partial charge in [-0.2, -0.15) is 0 Å². The Morgan fingerprint density at radius 1 is 1.07 bits per heavy atom. The van der Waals surface area contributed by atoms with E-state index in [0.29, 0.717) is 5.41 Å². The SMILES string of the molecule is CCCCCN1CCC(C(C)(C)C)CC1. The summed E-state index contributed by atoms with van der Waals surface area (Å²) in [6.07, 6.45) is 6.97. The van der Waals surface area contributed by atoms with Crippen molar-refractivity contribution in [1.29, 1.82) is 0 Å². The molecule has 1 saturated heterocycles. The Morgan fingerprint density at radius 2 is 1.67 bits per heavy atom. The average Bonchev–Trinajstić information content (AvgIpc) is 2.18. The van der Waals surface area contributed by atoms with Gasteiger partial charge < -0.3 is 4.90 Å². The predicted molar refractivity (Wildman–Crippen MR) is 68.1 cm³/mol. The van der Waals surface area contributed by atoms with Gasteiger partial charge in [0.05, 0.1) is 0 Å². The lowest BCUT2D eigenvalue weighted by Crippen LogP contribution is -2.38. The van der Waals surface area contributed by atoms with E-state index in [9.17, 15) is 0 Å². The molecule has 1 fully saturated rings. The van der Waals surface area contributed by atoms with Crippen molar-refractivity contribution in [3.8, 4) is 0 Å². The van der Waals surface area contributed by atoms with E-state index in [1.807, 2.05) is 0 Å². The first-order valence-corrected chi connectivity index (χ1v) is 6.76. The number of piperidine rings is 1. The van der Waals surface area contributed by atoms with E-state index < -0.39 is 0 Å². The fraction of sp³-hybridized carbons (Fsp3) is 1.00. The minimum absolute atomic E-state index is 0.523. The molecule has 1 nitrogen and oxygen atoms in total. The summed E-state index contributed by atoms with van der Waals surface area (Å²) in [7, 11) is 0. The van der Waals surface area contributed by atoms with Gasteiger partial charge in [-0.25, -0.2) is 0 Å². The number of likely N-dealkylation sites (tertiary alicyclic amines) is 1. The Balaban J connectivity index is 2.18. The van der Waals surface area contributed by atoms with Gasteiger partial charge in [0, 0.05) is 0 Å². The summed E-state index contributed by atoms with van der Waals surface area (Å²) in [5, 5.41) is 0. The highest BCUT2D eigenvalue weighted by atomic mass is 15.1. The molecule has 15 heavy (non-hydrogen) atoms. The number of hydrogen-bond acceptors (Lipinski definition) is 1. The maximum atomic E-state index is 2.66. The fourth-order valence-electron chi connectivity index (χ4n) is 2.61. The van der Waals surface area contributed by atoms with E-state index >= 15 is 0 Å². The maximum Gasteiger partial charge on any atom is -0.00159 e. The zero-order valence-corrected chi connectivity index (χ0v) is 11.2.